The quantitative estimate of drug-likeness (QED) is 0.193. The standard InChI is InChI=1S/C27H37NO6SSi/c1-33-27(30)26-23-13-7-5-10-21(23)15-16-24(26)28(20-34-18-19-36(2,3)4)35(31,32)25-14-8-6-11-22(25)12-9-17-29/h6,8-9,11-12,14-16,29H,5,7,10,13,17-20H2,1-4H3/b12-9-. The maximum atomic E-state index is 14.1. The van der Waals surface area contributed by atoms with E-state index in [1.54, 1.807) is 30.3 Å². The smallest absolute Gasteiger partial charge is 0.340 e. The van der Waals surface area contributed by atoms with E-state index in [0.29, 0.717) is 18.6 Å². The molecule has 0 radical (unpaired) electrons. The number of nitrogens with zero attached hydrogens (tertiary/aromatic N) is 1. The van der Waals surface area contributed by atoms with E-state index in [1.165, 1.54) is 23.6 Å². The van der Waals surface area contributed by atoms with E-state index in [9.17, 15) is 18.3 Å². The Kier molecular flexibility index (Phi) is 9.51. The number of methoxy groups -OCH3 is 1. The summed E-state index contributed by atoms with van der Waals surface area (Å²) in [6, 6.07) is 11.1. The van der Waals surface area contributed by atoms with Gasteiger partial charge < -0.3 is 14.6 Å². The van der Waals surface area contributed by atoms with E-state index in [4.69, 9.17) is 9.47 Å². The first-order chi connectivity index (χ1) is 17.1. The molecule has 0 unspecified atom stereocenters. The van der Waals surface area contributed by atoms with Crippen molar-refractivity contribution in [3.05, 3.63) is 64.7 Å². The molecule has 0 atom stereocenters. The number of rotatable bonds is 11. The van der Waals surface area contributed by atoms with Gasteiger partial charge in [-0.05, 0) is 60.6 Å². The zero-order chi connectivity index (χ0) is 26.3. The van der Waals surface area contributed by atoms with Crippen molar-refractivity contribution in [1.82, 2.24) is 0 Å². The van der Waals surface area contributed by atoms with Gasteiger partial charge in [0, 0.05) is 14.7 Å². The first-order valence-electron chi connectivity index (χ1n) is 12.3. The van der Waals surface area contributed by atoms with Gasteiger partial charge in [-0.3, -0.25) is 0 Å². The molecule has 2 aromatic rings. The van der Waals surface area contributed by atoms with Gasteiger partial charge in [-0.15, -0.1) is 0 Å². The Labute approximate surface area is 215 Å². The van der Waals surface area contributed by atoms with Crippen LogP contribution in [0.2, 0.25) is 25.7 Å². The van der Waals surface area contributed by atoms with E-state index < -0.39 is 24.1 Å². The number of aryl methyl sites for hydroxylation is 1. The Hall–Kier alpha value is -2.46. The zero-order valence-electron chi connectivity index (χ0n) is 21.6. The third-order valence-corrected chi connectivity index (χ3v) is 9.78. The van der Waals surface area contributed by atoms with Gasteiger partial charge in [-0.1, -0.05) is 56.1 Å². The normalized spacial score (nSPS) is 14.0. The Morgan fingerprint density at radius 3 is 2.53 bits per heavy atom. The van der Waals surface area contributed by atoms with Crippen LogP contribution in [0, 0.1) is 0 Å². The molecule has 1 aliphatic rings. The highest BCUT2D eigenvalue weighted by atomic mass is 32.2. The Bertz CT molecular complexity index is 1200. The van der Waals surface area contributed by atoms with E-state index >= 15 is 0 Å². The first kappa shape index (κ1) is 28.1. The number of hydrogen-bond acceptors (Lipinski definition) is 6. The summed E-state index contributed by atoms with van der Waals surface area (Å²) in [6.45, 7) is 6.67. The monoisotopic (exact) mass is 531 g/mol. The number of esters is 1. The van der Waals surface area contributed by atoms with Crippen LogP contribution in [-0.4, -0.2) is 54.6 Å². The third-order valence-electron chi connectivity index (χ3n) is 6.26. The van der Waals surface area contributed by atoms with E-state index in [2.05, 4.69) is 19.6 Å². The van der Waals surface area contributed by atoms with Crippen LogP contribution in [0.4, 0.5) is 5.69 Å². The van der Waals surface area contributed by atoms with Crippen molar-refractivity contribution < 1.29 is 27.8 Å². The van der Waals surface area contributed by atoms with Crippen LogP contribution in [0.25, 0.3) is 6.08 Å². The van der Waals surface area contributed by atoms with Crippen molar-refractivity contribution in [2.75, 3.05) is 31.4 Å². The predicted molar refractivity (Wildman–Crippen MR) is 146 cm³/mol. The van der Waals surface area contributed by atoms with Crippen molar-refractivity contribution >= 4 is 35.8 Å². The molecule has 36 heavy (non-hydrogen) atoms. The van der Waals surface area contributed by atoms with Crippen LogP contribution in [0.5, 0.6) is 0 Å². The lowest BCUT2D eigenvalue weighted by Gasteiger charge is -2.29. The van der Waals surface area contributed by atoms with Gasteiger partial charge in [0.15, 0.2) is 0 Å². The van der Waals surface area contributed by atoms with Crippen molar-refractivity contribution in [1.29, 1.82) is 0 Å². The number of benzene rings is 2. The summed E-state index contributed by atoms with van der Waals surface area (Å²) in [4.78, 5) is 13.1. The Balaban J connectivity index is 2.15. The highest BCUT2D eigenvalue weighted by Gasteiger charge is 2.33. The van der Waals surface area contributed by atoms with E-state index in [1.807, 2.05) is 6.07 Å². The van der Waals surface area contributed by atoms with Crippen LogP contribution < -0.4 is 4.31 Å². The van der Waals surface area contributed by atoms with Crippen molar-refractivity contribution in [2.45, 2.75) is 56.3 Å². The predicted octanol–water partition coefficient (Wildman–Crippen LogP) is 4.87. The minimum Gasteiger partial charge on any atom is -0.465 e. The number of anilines is 1. The van der Waals surface area contributed by atoms with Gasteiger partial charge >= 0.3 is 5.97 Å². The van der Waals surface area contributed by atoms with Crippen LogP contribution in [-0.2, 0) is 32.3 Å². The number of carbonyl (C=O) groups is 1. The van der Waals surface area contributed by atoms with Crippen molar-refractivity contribution in [3.8, 4) is 0 Å². The molecule has 0 aromatic heterocycles. The second kappa shape index (κ2) is 12.2. The maximum absolute atomic E-state index is 14.1. The molecule has 0 heterocycles. The second-order valence-corrected chi connectivity index (χ2v) is 17.6. The summed E-state index contributed by atoms with van der Waals surface area (Å²) in [5.74, 6) is -0.556. The molecule has 0 amide bonds. The summed E-state index contributed by atoms with van der Waals surface area (Å²) in [7, 11) is -4.23. The molecule has 7 nitrogen and oxygen atoms in total. The van der Waals surface area contributed by atoms with Crippen LogP contribution >= 0.6 is 0 Å². The fraction of sp³-hybridized carbons (Fsp3) is 0.444. The molecule has 196 valence electrons. The van der Waals surface area contributed by atoms with Gasteiger partial charge in [0.05, 0.1) is 29.9 Å². The van der Waals surface area contributed by atoms with Gasteiger partial charge in [0.2, 0.25) is 0 Å². The molecule has 0 saturated heterocycles. The fourth-order valence-corrected chi connectivity index (χ4v) is 6.60. The SMILES string of the molecule is COC(=O)c1c(N(COCC[Si](C)(C)C)S(=O)(=O)c2ccccc2/C=C\CO)ccc2c1CCCC2. The van der Waals surface area contributed by atoms with Crippen molar-refractivity contribution in [3.63, 3.8) is 0 Å². The number of ether oxygens (including phenoxy) is 2. The van der Waals surface area contributed by atoms with Gasteiger partial charge in [-0.25, -0.2) is 17.5 Å². The Morgan fingerprint density at radius 1 is 1.11 bits per heavy atom. The number of fused-ring (bicyclic) bond motifs is 1. The largest absolute Gasteiger partial charge is 0.465 e. The minimum atomic E-state index is -4.14. The number of aliphatic hydroxyl groups excluding tert-OH is 1. The molecule has 0 bridgehead atoms. The molecule has 0 fully saturated rings. The van der Waals surface area contributed by atoms with Gasteiger partial charge in [0.1, 0.15) is 6.73 Å². The highest BCUT2D eigenvalue weighted by Crippen LogP contribution is 2.36. The summed E-state index contributed by atoms with van der Waals surface area (Å²) in [5.41, 5.74) is 2.89. The maximum Gasteiger partial charge on any atom is 0.340 e. The molecular weight excluding hydrogens is 494 g/mol. The lowest BCUT2D eigenvalue weighted by molar-refractivity contribution is 0.0599. The number of hydrogen-bond donors (Lipinski definition) is 1. The van der Waals surface area contributed by atoms with Crippen LogP contribution in [0.15, 0.2) is 47.4 Å². The average molecular weight is 532 g/mol. The van der Waals surface area contributed by atoms with Crippen LogP contribution in [0.3, 0.4) is 0 Å². The lowest BCUT2D eigenvalue weighted by atomic mass is 9.87. The zero-order valence-corrected chi connectivity index (χ0v) is 23.4. The summed E-state index contributed by atoms with van der Waals surface area (Å²) >= 11 is 0. The molecule has 1 N–H and O–H groups in total. The topological polar surface area (TPSA) is 93.1 Å². The lowest BCUT2D eigenvalue weighted by Crippen LogP contribution is -2.36. The molecule has 3 rings (SSSR count). The van der Waals surface area contributed by atoms with E-state index in [0.717, 1.165) is 36.4 Å². The number of carbonyl (C=O) groups excluding carboxylic acids is 1. The summed E-state index contributed by atoms with van der Waals surface area (Å²) < 4.78 is 40.5. The molecule has 9 heteroatoms. The number of aliphatic hydroxyl groups is 1. The molecular formula is C27H37NO6SSi. The summed E-state index contributed by atoms with van der Waals surface area (Å²) in [6.07, 6.45) is 6.54. The first-order valence-corrected chi connectivity index (χ1v) is 17.4. The Morgan fingerprint density at radius 2 is 1.83 bits per heavy atom. The minimum absolute atomic E-state index is 0.0667. The number of sulfonamides is 1. The van der Waals surface area contributed by atoms with Gasteiger partial charge in [-0.2, -0.15) is 0 Å². The van der Waals surface area contributed by atoms with Crippen molar-refractivity contribution in [2.24, 2.45) is 0 Å². The molecule has 0 spiro atoms. The second-order valence-electron chi connectivity index (χ2n) is 10.1. The molecule has 0 saturated carbocycles. The molecule has 2 aromatic carbocycles. The third kappa shape index (κ3) is 6.64. The van der Waals surface area contributed by atoms with E-state index in [-0.39, 0.29) is 29.5 Å². The molecule has 0 aliphatic heterocycles. The van der Waals surface area contributed by atoms with Gasteiger partial charge in [0.25, 0.3) is 10.0 Å². The fourth-order valence-electron chi connectivity index (χ4n) is 4.30. The summed E-state index contributed by atoms with van der Waals surface area (Å²) in [5, 5.41) is 9.24. The average Bonchev–Trinajstić information content (AvgIpc) is 2.85. The van der Waals surface area contributed by atoms with Crippen LogP contribution in [0.1, 0.15) is 39.9 Å². The molecule has 1 aliphatic carbocycles. The highest BCUT2D eigenvalue weighted by molar-refractivity contribution is 7.93.